The lowest BCUT2D eigenvalue weighted by atomic mass is 10.2. The SMILES string of the molecule is C=Nc1cc(Nc2ccc(C(=O)O)cc2)ccc1N. The average molecular weight is 255 g/mol. The number of aliphatic imine (C=N–C) groups is 1. The summed E-state index contributed by atoms with van der Waals surface area (Å²) in [6.45, 7) is 3.45. The predicted molar refractivity (Wildman–Crippen MR) is 76.7 cm³/mol. The Morgan fingerprint density at radius 3 is 2.37 bits per heavy atom. The lowest BCUT2D eigenvalue weighted by Gasteiger charge is -2.08. The Bertz CT molecular complexity index is 621. The summed E-state index contributed by atoms with van der Waals surface area (Å²) < 4.78 is 0. The van der Waals surface area contributed by atoms with Crippen molar-refractivity contribution >= 4 is 35.4 Å². The van der Waals surface area contributed by atoms with Crippen molar-refractivity contribution in [1.82, 2.24) is 0 Å². The lowest BCUT2D eigenvalue weighted by molar-refractivity contribution is 0.0697. The third-order valence-electron chi connectivity index (χ3n) is 2.62. The molecule has 0 aliphatic heterocycles. The topological polar surface area (TPSA) is 87.7 Å². The first-order valence-electron chi connectivity index (χ1n) is 5.57. The van der Waals surface area contributed by atoms with Gasteiger partial charge in [-0.1, -0.05) is 0 Å². The van der Waals surface area contributed by atoms with Crippen LogP contribution in [0.15, 0.2) is 47.5 Å². The highest BCUT2D eigenvalue weighted by Gasteiger charge is 2.03. The van der Waals surface area contributed by atoms with E-state index in [0.717, 1.165) is 11.4 Å². The number of aromatic carboxylic acids is 1. The van der Waals surface area contributed by atoms with E-state index in [4.69, 9.17) is 10.8 Å². The third-order valence-corrected chi connectivity index (χ3v) is 2.62. The van der Waals surface area contributed by atoms with Crippen molar-refractivity contribution in [3.05, 3.63) is 48.0 Å². The van der Waals surface area contributed by atoms with Crippen molar-refractivity contribution in [1.29, 1.82) is 0 Å². The van der Waals surface area contributed by atoms with Gasteiger partial charge in [-0.05, 0) is 49.2 Å². The van der Waals surface area contributed by atoms with Gasteiger partial charge in [-0.15, -0.1) is 0 Å². The van der Waals surface area contributed by atoms with E-state index in [0.29, 0.717) is 11.4 Å². The number of nitrogen functional groups attached to an aromatic ring is 1. The molecule has 0 aromatic heterocycles. The Balaban J connectivity index is 2.21. The molecule has 0 spiro atoms. The van der Waals surface area contributed by atoms with Crippen molar-refractivity contribution in [2.45, 2.75) is 0 Å². The maximum atomic E-state index is 10.7. The Kier molecular flexibility index (Phi) is 3.47. The van der Waals surface area contributed by atoms with Gasteiger partial charge in [0.15, 0.2) is 0 Å². The Hall–Kier alpha value is -2.82. The van der Waals surface area contributed by atoms with Crippen molar-refractivity contribution in [3.8, 4) is 0 Å². The second-order valence-electron chi connectivity index (χ2n) is 3.94. The first kappa shape index (κ1) is 12.6. The third kappa shape index (κ3) is 2.90. The molecule has 0 bridgehead atoms. The Morgan fingerprint density at radius 1 is 1.16 bits per heavy atom. The van der Waals surface area contributed by atoms with Crippen LogP contribution < -0.4 is 11.1 Å². The summed E-state index contributed by atoms with van der Waals surface area (Å²) in [7, 11) is 0. The fourth-order valence-corrected chi connectivity index (χ4v) is 1.62. The number of nitrogens with zero attached hydrogens (tertiary/aromatic N) is 1. The first-order chi connectivity index (χ1) is 9.10. The van der Waals surface area contributed by atoms with Gasteiger partial charge in [0.25, 0.3) is 0 Å². The molecule has 5 nitrogen and oxygen atoms in total. The zero-order chi connectivity index (χ0) is 13.8. The molecule has 0 fully saturated rings. The lowest BCUT2D eigenvalue weighted by Crippen LogP contribution is -1.96. The normalized spacial score (nSPS) is 9.89. The molecule has 0 aliphatic rings. The molecule has 0 saturated heterocycles. The second kappa shape index (κ2) is 5.22. The number of carbonyl (C=O) groups is 1. The maximum Gasteiger partial charge on any atom is 0.335 e. The van der Waals surface area contributed by atoms with Crippen LogP contribution in [0, 0.1) is 0 Å². The summed E-state index contributed by atoms with van der Waals surface area (Å²) in [6.07, 6.45) is 0. The number of hydrogen-bond donors (Lipinski definition) is 3. The second-order valence-corrected chi connectivity index (χ2v) is 3.94. The fourth-order valence-electron chi connectivity index (χ4n) is 1.62. The van der Waals surface area contributed by atoms with E-state index in [9.17, 15) is 4.79 Å². The zero-order valence-corrected chi connectivity index (χ0v) is 10.1. The summed E-state index contributed by atoms with van der Waals surface area (Å²) in [5.41, 5.74) is 8.71. The molecule has 2 aromatic rings. The number of carboxylic acids is 1. The molecule has 5 heteroatoms. The van der Waals surface area contributed by atoms with Crippen LogP contribution in [0.4, 0.5) is 22.7 Å². The predicted octanol–water partition coefficient (Wildman–Crippen LogP) is 3.04. The van der Waals surface area contributed by atoms with Crippen LogP contribution in [-0.2, 0) is 0 Å². The number of benzene rings is 2. The molecular weight excluding hydrogens is 242 g/mol. The largest absolute Gasteiger partial charge is 0.478 e. The number of hydrogen-bond acceptors (Lipinski definition) is 4. The summed E-state index contributed by atoms with van der Waals surface area (Å²) in [5, 5.41) is 11.9. The molecule has 2 rings (SSSR count). The van der Waals surface area contributed by atoms with Gasteiger partial charge >= 0.3 is 5.97 Å². The van der Waals surface area contributed by atoms with Crippen LogP contribution in [0.3, 0.4) is 0 Å². The minimum atomic E-state index is -0.947. The van der Waals surface area contributed by atoms with E-state index in [1.165, 1.54) is 12.1 Å². The molecule has 0 unspecified atom stereocenters. The number of rotatable bonds is 4. The number of anilines is 3. The van der Waals surface area contributed by atoms with Crippen molar-refractivity contribution in [3.63, 3.8) is 0 Å². The molecule has 0 heterocycles. The van der Waals surface area contributed by atoms with Gasteiger partial charge in [0.05, 0.1) is 16.9 Å². The quantitative estimate of drug-likeness (QED) is 0.578. The summed E-state index contributed by atoms with van der Waals surface area (Å²) in [4.78, 5) is 14.6. The summed E-state index contributed by atoms with van der Waals surface area (Å²) >= 11 is 0. The van der Waals surface area contributed by atoms with Crippen molar-refractivity contribution in [2.75, 3.05) is 11.1 Å². The van der Waals surface area contributed by atoms with Crippen molar-refractivity contribution in [2.24, 2.45) is 4.99 Å². The van der Waals surface area contributed by atoms with Gasteiger partial charge in [-0.25, -0.2) is 4.79 Å². The van der Waals surface area contributed by atoms with E-state index in [2.05, 4.69) is 17.0 Å². The van der Waals surface area contributed by atoms with Gasteiger partial charge in [-0.2, -0.15) is 0 Å². The highest BCUT2D eigenvalue weighted by Crippen LogP contribution is 2.27. The Morgan fingerprint density at radius 2 is 1.79 bits per heavy atom. The van der Waals surface area contributed by atoms with E-state index in [1.807, 2.05) is 6.07 Å². The molecule has 0 saturated carbocycles. The number of nitrogens with two attached hydrogens (primary N) is 1. The van der Waals surface area contributed by atoms with E-state index >= 15 is 0 Å². The number of nitrogens with one attached hydrogen (secondary N) is 1. The van der Waals surface area contributed by atoms with Crippen LogP contribution in [0.25, 0.3) is 0 Å². The molecule has 0 aliphatic carbocycles. The molecule has 19 heavy (non-hydrogen) atoms. The molecule has 0 radical (unpaired) electrons. The minimum absolute atomic E-state index is 0.247. The summed E-state index contributed by atoms with van der Waals surface area (Å²) in [5.74, 6) is -0.947. The van der Waals surface area contributed by atoms with Crippen LogP contribution in [0.5, 0.6) is 0 Å². The van der Waals surface area contributed by atoms with Crippen LogP contribution in [0.2, 0.25) is 0 Å². The minimum Gasteiger partial charge on any atom is -0.478 e. The maximum absolute atomic E-state index is 10.7. The van der Waals surface area contributed by atoms with Gasteiger partial charge in [0, 0.05) is 11.4 Å². The first-order valence-corrected chi connectivity index (χ1v) is 5.57. The highest BCUT2D eigenvalue weighted by molar-refractivity contribution is 5.88. The average Bonchev–Trinajstić information content (AvgIpc) is 2.41. The van der Waals surface area contributed by atoms with Gasteiger partial charge in [-0.3, -0.25) is 4.99 Å². The van der Waals surface area contributed by atoms with E-state index < -0.39 is 5.97 Å². The molecule has 0 amide bonds. The molecule has 96 valence electrons. The molecule has 0 atom stereocenters. The monoisotopic (exact) mass is 255 g/mol. The van der Waals surface area contributed by atoms with Gasteiger partial charge in [0.2, 0.25) is 0 Å². The Labute approximate surface area is 110 Å². The van der Waals surface area contributed by atoms with Gasteiger partial charge in [0.1, 0.15) is 0 Å². The van der Waals surface area contributed by atoms with E-state index in [1.54, 1.807) is 24.3 Å². The standard InChI is InChI=1S/C14H13N3O2/c1-16-13-8-11(6-7-12(13)15)17-10-4-2-9(3-5-10)14(18)19/h2-8,17H,1,15H2,(H,18,19). The van der Waals surface area contributed by atoms with Gasteiger partial charge < -0.3 is 16.2 Å². The van der Waals surface area contributed by atoms with Crippen LogP contribution >= 0.6 is 0 Å². The zero-order valence-electron chi connectivity index (χ0n) is 10.1. The van der Waals surface area contributed by atoms with Crippen LogP contribution in [0.1, 0.15) is 10.4 Å². The smallest absolute Gasteiger partial charge is 0.335 e. The molecule has 4 N–H and O–H groups in total. The highest BCUT2D eigenvalue weighted by atomic mass is 16.4. The van der Waals surface area contributed by atoms with E-state index in [-0.39, 0.29) is 5.56 Å². The van der Waals surface area contributed by atoms with Crippen molar-refractivity contribution < 1.29 is 9.90 Å². The van der Waals surface area contributed by atoms with Crippen LogP contribution in [-0.4, -0.2) is 17.8 Å². The fraction of sp³-hybridized carbons (Fsp3) is 0. The molecular formula is C14H13N3O2. The number of carboxylic acid groups (broad SMARTS) is 1. The summed E-state index contributed by atoms with van der Waals surface area (Å²) in [6, 6.07) is 11.8. The molecule has 2 aromatic carbocycles.